The first kappa shape index (κ1) is 20.8. The Balaban J connectivity index is 1.61. The van der Waals surface area contributed by atoms with Gasteiger partial charge in [0, 0.05) is 5.69 Å². The second-order valence-electron chi connectivity index (χ2n) is 6.79. The molecule has 0 atom stereocenters. The molecular weight excluding hydrogens is 428 g/mol. The molecule has 5 nitrogen and oxygen atoms in total. The van der Waals surface area contributed by atoms with Gasteiger partial charge in [-0.2, -0.15) is 0 Å². The minimum atomic E-state index is -3.82. The maximum Gasteiger partial charge on any atom is 0.265 e. The molecule has 156 valence electrons. The van der Waals surface area contributed by atoms with Crippen molar-refractivity contribution in [2.45, 2.75) is 11.4 Å². The average Bonchev–Trinajstić information content (AvgIpc) is 3.34. The molecule has 0 spiro atoms. The van der Waals surface area contributed by atoms with E-state index in [1.165, 1.54) is 27.8 Å². The number of hydrogen-bond donors (Lipinski definition) is 1. The summed E-state index contributed by atoms with van der Waals surface area (Å²) >= 11 is 1.35. The van der Waals surface area contributed by atoms with Crippen LogP contribution in [0.4, 0.5) is 11.4 Å². The Bertz CT molecular complexity index is 1240. The molecule has 1 N–H and O–H groups in total. The molecule has 4 rings (SSSR count). The van der Waals surface area contributed by atoms with Crippen LogP contribution in [0.25, 0.3) is 0 Å². The van der Waals surface area contributed by atoms with Crippen LogP contribution >= 0.6 is 11.3 Å². The van der Waals surface area contributed by atoms with Crippen molar-refractivity contribution in [1.82, 2.24) is 0 Å². The maximum absolute atomic E-state index is 13.5. The average molecular weight is 449 g/mol. The van der Waals surface area contributed by atoms with Crippen LogP contribution in [-0.4, -0.2) is 14.3 Å². The highest BCUT2D eigenvalue weighted by molar-refractivity contribution is 7.92. The number of anilines is 2. The topological polar surface area (TPSA) is 66.5 Å². The summed E-state index contributed by atoms with van der Waals surface area (Å²) in [5.41, 5.74) is 2.00. The van der Waals surface area contributed by atoms with Crippen LogP contribution in [-0.2, 0) is 16.6 Å². The summed E-state index contributed by atoms with van der Waals surface area (Å²) in [7, 11) is -3.82. The number of hydrogen-bond acceptors (Lipinski definition) is 4. The Kier molecular flexibility index (Phi) is 6.16. The first-order valence-corrected chi connectivity index (χ1v) is 11.9. The lowest BCUT2D eigenvalue weighted by Crippen LogP contribution is -2.30. The highest BCUT2D eigenvalue weighted by Crippen LogP contribution is 2.27. The summed E-state index contributed by atoms with van der Waals surface area (Å²) in [6.07, 6.45) is 0. The van der Waals surface area contributed by atoms with Gasteiger partial charge in [0.05, 0.1) is 22.0 Å². The fourth-order valence-electron chi connectivity index (χ4n) is 3.10. The molecule has 0 bridgehead atoms. The number of sulfonamides is 1. The summed E-state index contributed by atoms with van der Waals surface area (Å²) in [6, 6.07) is 28.3. The van der Waals surface area contributed by atoms with E-state index in [9.17, 15) is 13.2 Å². The van der Waals surface area contributed by atoms with E-state index in [1.54, 1.807) is 36.4 Å². The predicted octanol–water partition coefficient (Wildman–Crippen LogP) is 5.40. The molecule has 0 saturated carbocycles. The van der Waals surface area contributed by atoms with E-state index in [1.807, 2.05) is 53.9 Å². The fraction of sp³-hybridized carbons (Fsp3) is 0.0417. The number of carbonyl (C=O) groups is 1. The normalized spacial score (nSPS) is 11.1. The van der Waals surface area contributed by atoms with Gasteiger partial charge in [0.15, 0.2) is 0 Å². The predicted molar refractivity (Wildman–Crippen MR) is 125 cm³/mol. The van der Waals surface area contributed by atoms with Crippen molar-refractivity contribution in [1.29, 1.82) is 0 Å². The molecule has 0 radical (unpaired) electrons. The summed E-state index contributed by atoms with van der Waals surface area (Å²) < 4.78 is 28.4. The summed E-state index contributed by atoms with van der Waals surface area (Å²) in [5.74, 6) is -0.222. The van der Waals surface area contributed by atoms with E-state index < -0.39 is 10.0 Å². The van der Waals surface area contributed by atoms with Gasteiger partial charge >= 0.3 is 0 Å². The summed E-state index contributed by atoms with van der Waals surface area (Å²) in [6.45, 7) is 0.212. The molecule has 7 heteroatoms. The standard InChI is InChI=1S/C24H20N2O3S2/c27-24(23-12-7-17-30-23)25-20-13-15-22(16-14-20)31(28,29)26(21-10-5-2-6-11-21)18-19-8-3-1-4-9-19/h1-17H,18H2,(H,25,27). The van der Waals surface area contributed by atoms with Crippen molar-refractivity contribution in [3.63, 3.8) is 0 Å². The molecule has 4 aromatic rings. The molecule has 0 aliphatic carbocycles. The van der Waals surface area contributed by atoms with E-state index in [0.717, 1.165) is 5.56 Å². The Morgan fingerprint density at radius 2 is 1.45 bits per heavy atom. The Morgan fingerprint density at radius 3 is 2.06 bits per heavy atom. The summed E-state index contributed by atoms with van der Waals surface area (Å²) in [4.78, 5) is 13.0. The second kappa shape index (κ2) is 9.16. The molecule has 0 unspecified atom stereocenters. The first-order chi connectivity index (χ1) is 15.0. The van der Waals surface area contributed by atoms with Gasteiger partial charge < -0.3 is 5.32 Å². The van der Waals surface area contributed by atoms with Crippen LogP contribution in [0.1, 0.15) is 15.2 Å². The zero-order valence-electron chi connectivity index (χ0n) is 16.5. The number of para-hydroxylation sites is 1. The number of thiophene rings is 1. The van der Waals surface area contributed by atoms with Gasteiger partial charge in [-0.1, -0.05) is 54.6 Å². The van der Waals surface area contributed by atoms with Crippen LogP contribution in [0.2, 0.25) is 0 Å². The third-order valence-electron chi connectivity index (χ3n) is 4.66. The van der Waals surface area contributed by atoms with Crippen LogP contribution in [0.5, 0.6) is 0 Å². The Labute approximate surface area is 185 Å². The minimum absolute atomic E-state index is 0.154. The first-order valence-electron chi connectivity index (χ1n) is 9.61. The van der Waals surface area contributed by atoms with Crippen molar-refractivity contribution in [3.8, 4) is 0 Å². The van der Waals surface area contributed by atoms with Crippen LogP contribution < -0.4 is 9.62 Å². The fourth-order valence-corrected chi connectivity index (χ4v) is 5.17. The molecule has 0 saturated heterocycles. The number of nitrogens with one attached hydrogen (secondary N) is 1. The molecule has 1 heterocycles. The van der Waals surface area contributed by atoms with Crippen LogP contribution in [0, 0.1) is 0 Å². The third-order valence-corrected chi connectivity index (χ3v) is 7.32. The molecular formula is C24H20N2O3S2. The lowest BCUT2D eigenvalue weighted by atomic mass is 10.2. The highest BCUT2D eigenvalue weighted by Gasteiger charge is 2.25. The van der Waals surface area contributed by atoms with E-state index in [4.69, 9.17) is 0 Å². The smallest absolute Gasteiger partial charge is 0.265 e. The maximum atomic E-state index is 13.5. The molecule has 0 fully saturated rings. The van der Waals surface area contributed by atoms with Gasteiger partial charge in [0.1, 0.15) is 0 Å². The van der Waals surface area contributed by atoms with Crippen molar-refractivity contribution in [3.05, 3.63) is 113 Å². The van der Waals surface area contributed by atoms with E-state index >= 15 is 0 Å². The Morgan fingerprint density at radius 1 is 0.806 bits per heavy atom. The molecule has 0 aliphatic rings. The van der Waals surface area contributed by atoms with Crippen molar-refractivity contribution in [2.24, 2.45) is 0 Å². The number of carbonyl (C=O) groups excluding carboxylic acids is 1. The number of rotatable bonds is 7. The lowest BCUT2D eigenvalue weighted by molar-refractivity contribution is 0.103. The van der Waals surface area contributed by atoms with E-state index in [0.29, 0.717) is 16.3 Å². The van der Waals surface area contributed by atoms with Crippen LogP contribution in [0.15, 0.2) is 107 Å². The van der Waals surface area contributed by atoms with Gasteiger partial charge in [-0.15, -0.1) is 11.3 Å². The molecule has 0 aliphatic heterocycles. The zero-order chi connectivity index (χ0) is 21.7. The SMILES string of the molecule is O=C(Nc1ccc(S(=O)(=O)N(Cc2ccccc2)c2ccccc2)cc1)c1cccs1. The summed E-state index contributed by atoms with van der Waals surface area (Å²) in [5, 5.41) is 4.62. The molecule has 31 heavy (non-hydrogen) atoms. The van der Waals surface area contributed by atoms with E-state index in [-0.39, 0.29) is 17.3 Å². The Hall–Kier alpha value is -3.42. The third kappa shape index (κ3) is 4.84. The zero-order valence-corrected chi connectivity index (χ0v) is 18.1. The largest absolute Gasteiger partial charge is 0.321 e. The lowest BCUT2D eigenvalue weighted by Gasteiger charge is -2.25. The van der Waals surface area contributed by atoms with E-state index in [2.05, 4.69) is 5.32 Å². The number of amides is 1. The number of benzene rings is 3. The molecule has 3 aromatic carbocycles. The monoisotopic (exact) mass is 448 g/mol. The van der Waals surface area contributed by atoms with Crippen molar-refractivity contribution < 1.29 is 13.2 Å². The molecule has 1 amide bonds. The van der Waals surface area contributed by atoms with Crippen LogP contribution in [0.3, 0.4) is 0 Å². The quantitative estimate of drug-likeness (QED) is 0.412. The molecule has 1 aromatic heterocycles. The van der Waals surface area contributed by atoms with Gasteiger partial charge in [0.25, 0.3) is 15.9 Å². The second-order valence-corrected chi connectivity index (χ2v) is 9.60. The number of nitrogens with zero attached hydrogens (tertiary/aromatic N) is 1. The van der Waals surface area contributed by atoms with Gasteiger partial charge in [-0.25, -0.2) is 8.42 Å². The van der Waals surface area contributed by atoms with Gasteiger partial charge in [-0.05, 0) is 53.4 Å². The highest BCUT2D eigenvalue weighted by atomic mass is 32.2. The minimum Gasteiger partial charge on any atom is -0.321 e. The van der Waals surface area contributed by atoms with Crippen molar-refractivity contribution >= 4 is 38.6 Å². The van der Waals surface area contributed by atoms with Gasteiger partial charge in [-0.3, -0.25) is 9.10 Å². The van der Waals surface area contributed by atoms with Gasteiger partial charge in [0.2, 0.25) is 0 Å². The van der Waals surface area contributed by atoms with Crippen molar-refractivity contribution in [2.75, 3.05) is 9.62 Å².